The summed E-state index contributed by atoms with van der Waals surface area (Å²) in [6.07, 6.45) is 32.6. The number of rotatable bonds is 22. The molecule has 0 saturated carbocycles. The van der Waals surface area contributed by atoms with Crippen molar-refractivity contribution >= 4 is 0 Å². The molecule has 1 rings (SSSR count). The molecule has 0 aromatic carbocycles. The van der Waals surface area contributed by atoms with Crippen LogP contribution < -0.4 is 4.57 Å². The lowest BCUT2D eigenvalue weighted by Crippen LogP contribution is -2.37. The molecule has 0 atom stereocenters. The van der Waals surface area contributed by atoms with Crippen LogP contribution in [0.25, 0.3) is 0 Å². The van der Waals surface area contributed by atoms with Crippen LogP contribution >= 0.6 is 0 Å². The summed E-state index contributed by atoms with van der Waals surface area (Å²) >= 11 is 0. The molecule has 1 aromatic heterocycles. The summed E-state index contributed by atoms with van der Waals surface area (Å²) in [5.74, 6) is 1.60. The summed E-state index contributed by atoms with van der Waals surface area (Å²) in [7, 11) is 0. The fraction of sp³-hybridized carbons (Fsp3) is 0.893. The molecule has 0 bridgehead atoms. The maximum Gasteiger partial charge on any atom is 0.256 e. The second-order valence-electron chi connectivity index (χ2n) is 9.51. The maximum atomic E-state index is 2.58. The number of imidazole rings is 1. The zero-order valence-corrected chi connectivity index (χ0v) is 21.1. The van der Waals surface area contributed by atoms with E-state index in [1.165, 1.54) is 142 Å². The van der Waals surface area contributed by atoms with Gasteiger partial charge in [0, 0.05) is 6.42 Å². The van der Waals surface area contributed by atoms with E-state index >= 15 is 0 Å². The molecule has 0 unspecified atom stereocenters. The van der Waals surface area contributed by atoms with Crippen LogP contribution in [0.3, 0.4) is 0 Å². The summed E-state index contributed by atoms with van der Waals surface area (Å²) in [6.45, 7) is 9.34. The van der Waals surface area contributed by atoms with Crippen molar-refractivity contribution < 1.29 is 4.57 Å². The molecule has 2 nitrogen and oxygen atoms in total. The topological polar surface area (TPSA) is 8.81 Å². The van der Waals surface area contributed by atoms with E-state index < -0.39 is 0 Å². The first-order chi connectivity index (χ1) is 14.8. The summed E-state index contributed by atoms with van der Waals surface area (Å²) < 4.78 is 5.15. The second kappa shape index (κ2) is 20.1. The maximum absolute atomic E-state index is 2.58. The third kappa shape index (κ3) is 13.5. The summed E-state index contributed by atoms with van der Waals surface area (Å²) in [4.78, 5) is 0. The SMILES string of the molecule is CCCCCCCCCCCCCc1n(CCCCCC)cc[n+]1CCCCCC. The third-order valence-corrected chi connectivity index (χ3v) is 6.60. The van der Waals surface area contributed by atoms with Crippen molar-refractivity contribution in [1.82, 2.24) is 4.57 Å². The monoisotopic (exact) mass is 419 g/mol. The van der Waals surface area contributed by atoms with Gasteiger partial charge in [-0.25, -0.2) is 9.13 Å². The Hall–Kier alpha value is -0.790. The second-order valence-corrected chi connectivity index (χ2v) is 9.51. The van der Waals surface area contributed by atoms with E-state index in [4.69, 9.17) is 0 Å². The van der Waals surface area contributed by atoms with Gasteiger partial charge in [0.2, 0.25) is 0 Å². The number of nitrogens with zero attached hydrogens (tertiary/aromatic N) is 2. The van der Waals surface area contributed by atoms with Crippen LogP contribution in [0.5, 0.6) is 0 Å². The lowest BCUT2D eigenvalue weighted by molar-refractivity contribution is -0.704. The van der Waals surface area contributed by atoms with E-state index in [0.717, 1.165) is 0 Å². The van der Waals surface area contributed by atoms with Crippen LogP contribution in [0.1, 0.15) is 149 Å². The molecule has 1 aromatic rings. The van der Waals surface area contributed by atoms with E-state index in [1.54, 1.807) is 5.82 Å². The Morgan fingerprint density at radius 2 is 1.03 bits per heavy atom. The van der Waals surface area contributed by atoms with E-state index in [2.05, 4.69) is 42.3 Å². The Kier molecular flexibility index (Phi) is 18.3. The number of hydrogen-bond donors (Lipinski definition) is 0. The van der Waals surface area contributed by atoms with E-state index in [1.807, 2.05) is 0 Å². The summed E-state index contributed by atoms with van der Waals surface area (Å²) in [5, 5.41) is 0. The highest BCUT2D eigenvalue weighted by molar-refractivity contribution is 4.84. The van der Waals surface area contributed by atoms with Crippen LogP contribution in [-0.2, 0) is 19.5 Å². The molecule has 0 N–H and O–H groups in total. The van der Waals surface area contributed by atoms with E-state index in [-0.39, 0.29) is 0 Å². The van der Waals surface area contributed by atoms with Crippen molar-refractivity contribution in [3.63, 3.8) is 0 Å². The first-order valence-electron chi connectivity index (χ1n) is 13.9. The number of hydrogen-bond acceptors (Lipinski definition) is 0. The molecule has 0 spiro atoms. The average Bonchev–Trinajstić information content (AvgIpc) is 3.14. The molecule has 0 aliphatic carbocycles. The van der Waals surface area contributed by atoms with Gasteiger partial charge in [0.05, 0.1) is 13.1 Å². The molecule has 0 amide bonds. The van der Waals surface area contributed by atoms with Gasteiger partial charge in [-0.15, -0.1) is 0 Å². The zero-order chi connectivity index (χ0) is 21.7. The van der Waals surface area contributed by atoms with Gasteiger partial charge < -0.3 is 0 Å². The van der Waals surface area contributed by atoms with Crippen molar-refractivity contribution in [2.45, 2.75) is 162 Å². The smallest absolute Gasteiger partial charge is 0.234 e. The van der Waals surface area contributed by atoms with Crippen LogP contribution in [-0.4, -0.2) is 4.57 Å². The number of unbranched alkanes of at least 4 members (excludes halogenated alkanes) is 16. The van der Waals surface area contributed by atoms with E-state index in [0.29, 0.717) is 0 Å². The molecule has 2 heteroatoms. The van der Waals surface area contributed by atoms with Gasteiger partial charge in [0.25, 0.3) is 5.82 Å². The van der Waals surface area contributed by atoms with Gasteiger partial charge in [-0.2, -0.15) is 0 Å². The van der Waals surface area contributed by atoms with Gasteiger partial charge in [0.15, 0.2) is 0 Å². The summed E-state index contributed by atoms with van der Waals surface area (Å²) in [6, 6.07) is 0. The Labute approximate surface area is 189 Å². The Balaban J connectivity index is 2.29. The van der Waals surface area contributed by atoms with Crippen LogP contribution in [0.2, 0.25) is 0 Å². The molecular formula is C28H55N2+. The zero-order valence-electron chi connectivity index (χ0n) is 21.1. The van der Waals surface area contributed by atoms with Crippen molar-refractivity contribution in [3.8, 4) is 0 Å². The lowest BCUT2D eigenvalue weighted by Gasteiger charge is -2.06. The molecule has 30 heavy (non-hydrogen) atoms. The highest BCUT2D eigenvalue weighted by Gasteiger charge is 2.16. The normalized spacial score (nSPS) is 11.4. The predicted octanol–water partition coefficient (Wildman–Crippen LogP) is 8.79. The average molecular weight is 420 g/mol. The van der Waals surface area contributed by atoms with Crippen LogP contribution in [0.15, 0.2) is 12.4 Å². The van der Waals surface area contributed by atoms with Crippen LogP contribution in [0.4, 0.5) is 0 Å². The van der Waals surface area contributed by atoms with Gasteiger partial charge in [-0.1, -0.05) is 111 Å². The largest absolute Gasteiger partial charge is 0.256 e. The van der Waals surface area contributed by atoms with Gasteiger partial charge in [-0.3, -0.25) is 0 Å². The molecule has 1 heterocycles. The molecule has 0 fully saturated rings. The van der Waals surface area contributed by atoms with Crippen LogP contribution in [0, 0.1) is 0 Å². The van der Waals surface area contributed by atoms with Crippen molar-refractivity contribution in [2.24, 2.45) is 0 Å². The summed E-state index contributed by atoms with van der Waals surface area (Å²) in [5.41, 5.74) is 0. The molecule has 0 radical (unpaired) electrons. The quantitative estimate of drug-likeness (QED) is 0.131. The van der Waals surface area contributed by atoms with E-state index in [9.17, 15) is 0 Å². The van der Waals surface area contributed by atoms with Gasteiger partial charge in [-0.05, 0) is 32.1 Å². The fourth-order valence-electron chi connectivity index (χ4n) is 4.56. The minimum Gasteiger partial charge on any atom is -0.234 e. The van der Waals surface area contributed by atoms with Gasteiger partial charge >= 0.3 is 0 Å². The Morgan fingerprint density at radius 1 is 0.567 bits per heavy atom. The number of aryl methyl sites for hydroxylation is 2. The fourth-order valence-corrected chi connectivity index (χ4v) is 4.56. The first kappa shape index (κ1) is 27.2. The Morgan fingerprint density at radius 3 is 1.60 bits per heavy atom. The highest BCUT2D eigenvalue weighted by Crippen LogP contribution is 2.13. The standard InChI is InChI=1S/C28H55N2/c1-4-7-10-13-14-15-16-17-18-19-20-23-28-29(24-21-11-8-5-2)26-27-30(28)25-22-12-9-6-3/h26-27H,4-25H2,1-3H3/q+1. The molecule has 0 saturated heterocycles. The highest BCUT2D eigenvalue weighted by atomic mass is 15.1. The van der Waals surface area contributed by atoms with Crippen molar-refractivity contribution in [3.05, 3.63) is 18.2 Å². The molecular weight excluding hydrogens is 364 g/mol. The minimum absolute atomic E-state index is 1.22. The number of aromatic nitrogens is 2. The van der Waals surface area contributed by atoms with Crippen molar-refractivity contribution in [2.75, 3.05) is 0 Å². The molecule has 176 valence electrons. The molecule has 0 aliphatic rings. The first-order valence-corrected chi connectivity index (χ1v) is 13.9. The third-order valence-electron chi connectivity index (χ3n) is 6.60. The van der Waals surface area contributed by atoms with Crippen molar-refractivity contribution in [1.29, 1.82) is 0 Å². The van der Waals surface area contributed by atoms with Gasteiger partial charge in [0.1, 0.15) is 12.4 Å². The predicted molar refractivity (Wildman–Crippen MR) is 133 cm³/mol. The minimum atomic E-state index is 1.22. The molecule has 0 aliphatic heterocycles. The Bertz CT molecular complexity index is 447. The lowest BCUT2D eigenvalue weighted by atomic mass is 10.1.